The van der Waals surface area contributed by atoms with Gasteiger partial charge in [0.15, 0.2) is 5.75 Å². The largest absolute Gasteiger partial charge is 0.337 e. The number of aryl methyl sites for hydroxylation is 1. The third kappa shape index (κ3) is 1.30. The van der Waals surface area contributed by atoms with Crippen molar-refractivity contribution in [2.24, 2.45) is 0 Å². The minimum Gasteiger partial charge on any atom is -0.337 e. The van der Waals surface area contributed by atoms with E-state index in [1.54, 1.807) is 0 Å². The Balaban J connectivity index is 2.26. The monoisotopic (exact) mass is 164 g/mol. The number of benzene rings is 1. The molecule has 0 aliphatic carbocycles. The molecule has 0 N–H and O–H groups in total. The van der Waals surface area contributed by atoms with Crippen LogP contribution in [0.3, 0.4) is 0 Å². The molecule has 64 valence electrons. The molecule has 1 aromatic rings. The van der Waals surface area contributed by atoms with Gasteiger partial charge in [-0.3, -0.25) is 0 Å². The van der Waals surface area contributed by atoms with Crippen molar-refractivity contribution in [2.75, 3.05) is 0 Å². The van der Waals surface area contributed by atoms with Crippen molar-refractivity contribution in [3.63, 3.8) is 0 Å². The lowest BCUT2D eigenvalue weighted by molar-refractivity contribution is -0.194. The lowest BCUT2D eigenvalue weighted by Gasteiger charge is -1.99. The van der Waals surface area contributed by atoms with E-state index in [1.807, 2.05) is 6.07 Å². The summed E-state index contributed by atoms with van der Waals surface area (Å²) in [4.78, 5) is 9.78. The fraction of sp³-hybridized carbons (Fsp3) is 0.400. The summed E-state index contributed by atoms with van der Waals surface area (Å²) in [6.07, 6.45) is 2.31. The van der Waals surface area contributed by atoms with Crippen molar-refractivity contribution in [1.29, 1.82) is 0 Å². The normalized spacial score (nSPS) is 14.1. The van der Waals surface area contributed by atoms with E-state index in [0.29, 0.717) is 6.61 Å². The van der Waals surface area contributed by atoms with E-state index >= 15 is 0 Å². The van der Waals surface area contributed by atoms with Crippen molar-refractivity contribution < 1.29 is 9.78 Å². The summed E-state index contributed by atoms with van der Waals surface area (Å²) < 4.78 is 0. The third-order valence-corrected chi connectivity index (χ3v) is 2.03. The summed E-state index contributed by atoms with van der Waals surface area (Å²) in [5.41, 5.74) is 2.53. The molecule has 0 saturated carbocycles. The highest BCUT2D eigenvalue weighted by Crippen LogP contribution is 2.26. The topological polar surface area (TPSA) is 18.5 Å². The van der Waals surface area contributed by atoms with Gasteiger partial charge in [0.2, 0.25) is 0 Å². The number of rotatable bonds is 2. The van der Waals surface area contributed by atoms with Gasteiger partial charge in [-0.05, 0) is 24.1 Å². The fourth-order valence-corrected chi connectivity index (χ4v) is 1.43. The zero-order chi connectivity index (χ0) is 8.39. The van der Waals surface area contributed by atoms with Gasteiger partial charge >= 0.3 is 0 Å². The standard InChI is InChI=1S/C10H12O2/c1-2-3-8-4-5-10-9(6-8)7-11-12-10/h4-6H,2-3,7H2,1H3. The first-order valence-corrected chi connectivity index (χ1v) is 4.31. The first-order chi connectivity index (χ1) is 5.90. The van der Waals surface area contributed by atoms with E-state index in [1.165, 1.54) is 17.5 Å². The van der Waals surface area contributed by atoms with E-state index in [4.69, 9.17) is 9.78 Å². The Hall–Kier alpha value is -1.02. The van der Waals surface area contributed by atoms with Gasteiger partial charge in [0.25, 0.3) is 0 Å². The van der Waals surface area contributed by atoms with E-state index in [0.717, 1.165) is 12.2 Å². The van der Waals surface area contributed by atoms with E-state index < -0.39 is 0 Å². The van der Waals surface area contributed by atoms with Crippen LogP contribution < -0.4 is 4.89 Å². The van der Waals surface area contributed by atoms with Crippen LogP contribution in [0.4, 0.5) is 0 Å². The van der Waals surface area contributed by atoms with Crippen molar-refractivity contribution in [3.05, 3.63) is 29.3 Å². The van der Waals surface area contributed by atoms with Crippen LogP contribution in [0.5, 0.6) is 5.75 Å². The van der Waals surface area contributed by atoms with Gasteiger partial charge in [0.1, 0.15) is 6.61 Å². The summed E-state index contributed by atoms with van der Waals surface area (Å²) in [6.45, 7) is 2.77. The molecule has 0 atom stereocenters. The molecule has 1 aromatic carbocycles. The van der Waals surface area contributed by atoms with E-state index in [9.17, 15) is 0 Å². The van der Waals surface area contributed by atoms with Crippen LogP contribution in [-0.2, 0) is 17.9 Å². The zero-order valence-electron chi connectivity index (χ0n) is 7.17. The van der Waals surface area contributed by atoms with Gasteiger partial charge in [0, 0.05) is 5.56 Å². The second kappa shape index (κ2) is 3.15. The van der Waals surface area contributed by atoms with Gasteiger partial charge in [0.05, 0.1) is 0 Å². The van der Waals surface area contributed by atoms with Gasteiger partial charge in [-0.2, -0.15) is 4.89 Å². The first-order valence-electron chi connectivity index (χ1n) is 4.31. The van der Waals surface area contributed by atoms with E-state index in [-0.39, 0.29) is 0 Å². The average Bonchev–Trinajstić information content (AvgIpc) is 2.51. The van der Waals surface area contributed by atoms with E-state index in [2.05, 4.69) is 19.1 Å². The Labute approximate surface area is 72.0 Å². The second-order valence-electron chi connectivity index (χ2n) is 3.04. The van der Waals surface area contributed by atoms with Gasteiger partial charge < -0.3 is 4.89 Å². The molecule has 0 aromatic heterocycles. The Morgan fingerprint density at radius 1 is 1.42 bits per heavy atom. The van der Waals surface area contributed by atoms with Gasteiger partial charge in [-0.15, -0.1) is 0 Å². The lowest BCUT2D eigenvalue weighted by atomic mass is 10.1. The summed E-state index contributed by atoms with van der Waals surface area (Å²) in [7, 11) is 0. The maximum atomic E-state index is 4.93. The van der Waals surface area contributed by atoms with Crippen LogP contribution >= 0.6 is 0 Å². The Kier molecular flexibility index (Phi) is 2.00. The Morgan fingerprint density at radius 2 is 2.33 bits per heavy atom. The molecule has 2 nitrogen and oxygen atoms in total. The van der Waals surface area contributed by atoms with Crippen LogP contribution in [0.25, 0.3) is 0 Å². The van der Waals surface area contributed by atoms with Crippen LogP contribution in [0.2, 0.25) is 0 Å². The first kappa shape index (κ1) is 7.62. The van der Waals surface area contributed by atoms with Crippen LogP contribution in [0, 0.1) is 0 Å². The molecule has 0 amide bonds. The van der Waals surface area contributed by atoms with Crippen LogP contribution in [0.1, 0.15) is 24.5 Å². The Bertz CT molecular complexity index is 281. The number of hydrogen-bond donors (Lipinski definition) is 0. The predicted molar refractivity (Wildman–Crippen MR) is 45.9 cm³/mol. The summed E-state index contributed by atoms with van der Waals surface area (Å²) >= 11 is 0. The maximum absolute atomic E-state index is 4.93. The quantitative estimate of drug-likeness (QED) is 0.625. The summed E-state index contributed by atoms with van der Waals surface area (Å²) in [5.74, 6) is 0.870. The molecule has 2 heteroatoms. The van der Waals surface area contributed by atoms with Crippen molar-refractivity contribution in [3.8, 4) is 5.75 Å². The van der Waals surface area contributed by atoms with Crippen molar-refractivity contribution in [1.82, 2.24) is 0 Å². The zero-order valence-corrected chi connectivity index (χ0v) is 7.17. The maximum Gasteiger partial charge on any atom is 0.171 e. The minimum absolute atomic E-state index is 0.590. The van der Waals surface area contributed by atoms with Crippen molar-refractivity contribution >= 4 is 0 Å². The molecule has 0 unspecified atom stereocenters. The molecule has 2 rings (SSSR count). The Morgan fingerprint density at radius 3 is 3.17 bits per heavy atom. The molecular formula is C10H12O2. The lowest BCUT2D eigenvalue weighted by Crippen LogP contribution is -1.84. The molecule has 0 bridgehead atoms. The SMILES string of the molecule is CCCc1ccc2c(c1)COO2. The fourth-order valence-electron chi connectivity index (χ4n) is 1.43. The highest BCUT2D eigenvalue weighted by atomic mass is 17.2. The summed E-state index contributed by atoms with van der Waals surface area (Å²) in [5, 5.41) is 0. The van der Waals surface area contributed by atoms with Crippen LogP contribution in [0.15, 0.2) is 18.2 Å². The highest BCUT2D eigenvalue weighted by Gasteiger charge is 2.12. The molecule has 1 aliphatic heterocycles. The molecule has 0 spiro atoms. The molecule has 12 heavy (non-hydrogen) atoms. The molecule has 0 radical (unpaired) electrons. The minimum atomic E-state index is 0.590. The molecular weight excluding hydrogens is 152 g/mol. The number of fused-ring (bicyclic) bond motifs is 1. The van der Waals surface area contributed by atoms with Crippen LogP contribution in [-0.4, -0.2) is 0 Å². The molecule has 1 aliphatic rings. The van der Waals surface area contributed by atoms with Crippen molar-refractivity contribution in [2.45, 2.75) is 26.4 Å². The second-order valence-corrected chi connectivity index (χ2v) is 3.04. The smallest absolute Gasteiger partial charge is 0.171 e. The highest BCUT2D eigenvalue weighted by molar-refractivity contribution is 5.37. The summed E-state index contributed by atoms with van der Waals surface area (Å²) in [6, 6.07) is 6.23. The van der Waals surface area contributed by atoms with Gasteiger partial charge in [-0.1, -0.05) is 19.4 Å². The molecule has 0 fully saturated rings. The molecule has 0 saturated heterocycles. The van der Waals surface area contributed by atoms with Gasteiger partial charge in [-0.25, -0.2) is 0 Å². The third-order valence-electron chi connectivity index (χ3n) is 2.03. The predicted octanol–water partition coefficient (Wildman–Crippen LogP) is 2.46. The average molecular weight is 164 g/mol. The molecule has 1 heterocycles. The number of hydrogen-bond acceptors (Lipinski definition) is 2.